The summed E-state index contributed by atoms with van der Waals surface area (Å²) >= 11 is 0. The molecule has 0 unspecified atom stereocenters. The summed E-state index contributed by atoms with van der Waals surface area (Å²) in [5.74, 6) is 0.398. The third-order valence-electron chi connectivity index (χ3n) is 4.92. The Morgan fingerprint density at radius 2 is 1.67 bits per heavy atom. The Morgan fingerprint density at radius 1 is 1.00 bits per heavy atom. The van der Waals surface area contributed by atoms with Gasteiger partial charge in [0.2, 0.25) is 0 Å². The van der Waals surface area contributed by atoms with Crippen LogP contribution >= 0.6 is 0 Å². The summed E-state index contributed by atoms with van der Waals surface area (Å²) in [6.45, 7) is 2.80. The molecule has 1 N–H and O–H groups in total. The van der Waals surface area contributed by atoms with Gasteiger partial charge in [0.15, 0.2) is 0 Å². The molecule has 0 saturated carbocycles. The molecule has 0 aliphatic carbocycles. The maximum Gasteiger partial charge on any atom is 0.271 e. The number of rotatable bonds is 10. The molecule has 0 bridgehead atoms. The van der Waals surface area contributed by atoms with Gasteiger partial charge in [-0.15, -0.1) is 0 Å². The van der Waals surface area contributed by atoms with Crippen LogP contribution in [0.5, 0.6) is 5.75 Å². The van der Waals surface area contributed by atoms with Crippen LogP contribution in [0, 0.1) is 0 Å². The molecule has 0 fully saturated rings. The molecule has 0 saturated heterocycles. The summed E-state index contributed by atoms with van der Waals surface area (Å²) in [6, 6.07) is 21.9. The highest BCUT2D eigenvalue weighted by atomic mass is 32.2. The highest BCUT2D eigenvalue weighted by Crippen LogP contribution is 2.22. The van der Waals surface area contributed by atoms with E-state index in [0.717, 1.165) is 24.2 Å². The van der Waals surface area contributed by atoms with Gasteiger partial charge >= 0.3 is 0 Å². The van der Waals surface area contributed by atoms with Crippen molar-refractivity contribution in [2.45, 2.75) is 24.7 Å². The second-order valence-electron chi connectivity index (χ2n) is 7.30. The molecule has 0 heterocycles. The van der Waals surface area contributed by atoms with Crippen LogP contribution in [0.1, 0.15) is 35.7 Å². The molecule has 0 spiro atoms. The molecule has 0 aromatic heterocycles. The van der Waals surface area contributed by atoms with Gasteiger partial charge in [-0.1, -0.05) is 31.5 Å². The number of ether oxygens (including phenoxy) is 1. The van der Waals surface area contributed by atoms with Gasteiger partial charge in [-0.25, -0.2) is 13.8 Å². The van der Waals surface area contributed by atoms with E-state index in [9.17, 15) is 13.2 Å². The van der Waals surface area contributed by atoms with Crippen LogP contribution in [0.15, 0.2) is 88.9 Å². The Morgan fingerprint density at radius 3 is 2.30 bits per heavy atom. The molecule has 8 heteroatoms. The molecular formula is C25H27N3O4S. The maximum absolute atomic E-state index is 12.7. The third kappa shape index (κ3) is 6.43. The van der Waals surface area contributed by atoms with Crippen molar-refractivity contribution >= 4 is 27.8 Å². The van der Waals surface area contributed by atoms with Gasteiger partial charge in [-0.3, -0.25) is 9.10 Å². The van der Waals surface area contributed by atoms with E-state index in [0.29, 0.717) is 17.9 Å². The van der Waals surface area contributed by atoms with Crippen LogP contribution < -0.4 is 14.5 Å². The molecule has 33 heavy (non-hydrogen) atoms. The lowest BCUT2D eigenvalue weighted by Gasteiger charge is -2.19. The van der Waals surface area contributed by atoms with Gasteiger partial charge in [-0.05, 0) is 72.6 Å². The van der Waals surface area contributed by atoms with Crippen molar-refractivity contribution in [1.82, 2.24) is 5.43 Å². The van der Waals surface area contributed by atoms with Crippen LogP contribution in [0.4, 0.5) is 5.69 Å². The number of hydrazone groups is 1. The molecule has 0 aliphatic heterocycles. The summed E-state index contributed by atoms with van der Waals surface area (Å²) in [5.41, 5.74) is 4.10. The van der Waals surface area contributed by atoms with E-state index in [-0.39, 0.29) is 4.90 Å². The van der Waals surface area contributed by atoms with Gasteiger partial charge in [0.25, 0.3) is 15.9 Å². The molecule has 0 atom stereocenters. The summed E-state index contributed by atoms with van der Waals surface area (Å²) in [7, 11) is -2.21. The zero-order chi connectivity index (χ0) is 23.7. The predicted octanol–water partition coefficient (Wildman–Crippen LogP) is 4.45. The second kappa shape index (κ2) is 11.3. The average Bonchev–Trinajstić information content (AvgIpc) is 2.85. The largest absolute Gasteiger partial charge is 0.494 e. The van der Waals surface area contributed by atoms with Crippen LogP contribution in [0.3, 0.4) is 0 Å². The van der Waals surface area contributed by atoms with Gasteiger partial charge in [-0.2, -0.15) is 5.10 Å². The average molecular weight is 466 g/mol. The number of nitrogens with zero attached hydrogens (tertiary/aromatic N) is 2. The molecule has 0 radical (unpaired) electrons. The van der Waals surface area contributed by atoms with Crippen LogP contribution in [-0.2, 0) is 10.0 Å². The number of nitrogens with one attached hydrogen (secondary N) is 1. The second-order valence-corrected chi connectivity index (χ2v) is 9.27. The van der Waals surface area contributed by atoms with Crippen LogP contribution in [-0.4, -0.2) is 34.2 Å². The monoisotopic (exact) mass is 465 g/mol. The molecule has 1 amide bonds. The van der Waals surface area contributed by atoms with E-state index in [1.54, 1.807) is 60.8 Å². The van der Waals surface area contributed by atoms with Crippen molar-refractivity contribution in [1.29, 1.82) is 0 Å². The zero-order valence-electron chi connectivity index (χ0n) is 18.6. The minimum atomic E-state index is -3.68. The van der Waals surface area contributed by atoms with Crippen molar-refractivity contribution in [3.8, 4) is 5.75 Å². The Bertz CT molecular complexity index is 1180. The van der Waals surface area contributed by atoms with Gasteiger partial charge in [0, 0.05) is 12.6 Å². The van der Waals surface area contributed by atoms with E-state index in [4.69, 9.17) is 4.74 Å². The Labute approximate surface area is 194 Å². The Hall–Kier alpha value is -3.65. The molecule has 172 valence electrons. The fourth-order valence-corrected chi connectivity index (χ4v) is 4.14. The van der Waals surface area contributed by atoms with Crippen molar-refractivity contribution in [3.05, 3.63) is 90.0 Å². The minimum absolute atomic E-state index is 0.198. The van der Waals surface area contributed by atoms with Crippen molar-refractivity contribution in [3.63, 3.8) is 0 Å². The quantitative estimate of drug-likeness (QED) is 0.272. The first kappa shape index (κ1) is 24.0. The summed E-state index contributed by atoms with van der Waals surface area (Å²) in [5, 5.41) is 3.99. The van der Waals surface area contributed by atoms with E-state index in [2.05, 4.69) is 17.5 Å². The molecular weight excluding hydrogens is 438 g/mol. The van der Waals surface area contributed by atoms with E-state index in [1.807, 2.05) is 24.3 Å². The highest BCUT2D eigenvalue weighted by molar-refractivity contribution is 7.92. The zero-order valence-corrected chi connectivity index (χ0v) is 19.5. The summed E-state index contributed by atoms with van der Waals surface area (Å²) in [6.07, 6.45) is 3.63. The number of sulfonamides is 1. The molecule has 3 rings (SSSR count). The normalized spacial score (nSPS) is 11.3. The lowest BCUT2D eigenvalue weighted by molar-refractivity contribution is 0.0955. The first-order chi connectivity index (χ1) is 15.9. The number of amides is 1. The predicted molar refractivity (Wildman–Crippen MR) is 130 cm³/mol. The number of unbranched alkanes of at least 4 members (excludes halogenated alkanes) is 1. The van der Waals surface area contributed by atoms with Gasteiger partial charge in [0.05, 0.1) is 23.4 Å². The standard InChI is InChI=1S/C25H27N3O4S/c1-3-4-18-32-23-16-10-20(11-17-23)19-26-27-25(29)21-12-14-22(15-13-21)28(2)33(30,31)24-8-6-5-7-9-24/h5-17,19H,3-4,18H2,1-2H3,(H,27,29)/b26-19-. The number of hydrogen-bond donors (Lipinski definition) is 1. The van der Waals surface area contributed by atoms with Crippen molar-refractivity contribution in [2.24, 2.45) is 5.10 Å². The Kier molecular flexibility index (Phi) is 8.21. The minimum Gasteiger partial charge on any atom is -0.494 e. The fraction of sp³-hybridized carbons (Fsp3) is 0.200. The van der Waals surface area contributed by atoms with E-state index < -0.39 is 15.9 Å². The number of carbonyl (C=O) groups is 1. The van der Waals surface area contributed by atoms with Crippen molar-refractivity contribution < 1.29 is 17.9 Å². The topological polar surface area (TPSA) is 88.1 Å². The highest BCUT2D eigenvalue weighted by Gasteiger charge is 2.21. The van der Waals surface area contributed by atoms with E-state index in [1.165, 1.54) is 11.4 Å². The first-order valence-corrected chi connectivity index (χ1v) is 12.1. The van der Waals surface area contributed by atoms with Gasteiger partial charge < -0.3 is 4.74 Å². The lowest BCUT2D eigenvalue weighted by Crippen LogP contribution is -2.26. The number of hydrogen-bond acceptors (Lipinski definition) is 5. The third-order valence-corrected chi connectivity index (χ3v) is 6.72. The summed E-state index contributed by atoms with van der Waals surface area (Å²) in [4.78, 5) is 12.6. The summed E-state index contributed by atoms with van der Waals surface area (Å²) < 4.78 is 32.3. The molecule has 7 nitrogen and oxygen atoms in total. The Balaban J connectivity index is 1.58. The van der Waals surface area contributed by atoms with Crippen LogP contribution in [0.2, 0.25) is 0 Å². The molecule has 3 aromatic rings. The molecule has 3 aromatic carbocycles. The maximum atomic E-state index is 12.7. The number of anilines is 1. The number of benzene rings is 3. The van der Waals surface area contributed by atoms with E-state index >= 15 is 0 Å². The first-order valence-electron chi connectivity index (χ1n) is 10.6. The number of carbonyl (C=O) groups excluding carboxylic acids is 1. The lowest BCUT2D eigenvalue weighted by atomic mass is 10.2. The fourth-order valence-electron chi connectivity index (χ4n) is 2.93. The van der Waals surface area contributed by atoms with Crippen LogP contribution in [0.25, 0.3) is 0 Å². The van der Waals surface area contributed by atoms with Crippen molar-refractivity contribution in [2.75, 3.05) is 18.0 Å². The smallest absolute Gasteiger partial charge is 0.271 e. The molecule has 0 aliphatic rings. The SMILES string of the molecule is CCCCOc1ccc(/C=N\NC(=O)c2ccc(N(C)S(=O)(=O)c3ccccc3)cc2)cc1. The van der Waals surface area contributed by atoms with Gasteiger partial charge in [0.1, 0.15) is 5.75 Å².